The Kier molecular flexibility index (Phi) is 3.79. The Morgan fingerprint density at radius 3 is 2.50 bits per heavy atom. The minimum absolute atomic E-state index is 0.201. The average molecular weight is 143 g/mol. The summed E-state index contributed by atoms with van der Waals surface area (Å²) < 4.78 is 11.3. The van der Waals surface area contributed by atoms with Crippen molar-refractivity contribution in [3.05, 3.63) is 24.1 Å². The van der Waals surface area contributed by atoms with Crippen LogP contribution in [-0.2, 0) is 4.79 Å². The van der Waals surface area contributed by atoms with Crippen LogP contribution in [0.1, 0.15) is 0 Å². The van der Waals surface area contributed by atoms with E-state index in [-0.39, 0.29) is 11.9 Å². The van der Waals surface area contributed by atoms with Crippen molar-refractivity contribution in [3.8, 4) is 0 Å². The van der Waals surface area contributed by atoms with E-state index in [0.717, 1.165) is 12.2 Å². The van der Waals surface area contributed by atoms with Crippen molar-refractivity contribution in [3.63, 3.8) is 0 Å². The largest absolute Gasteiger partial charge is 0.478 e. The summed E-state index contributed by atoms with van der Waals surface area (Å²) in [4.78, 5) is 10.1. The Morgan fingerprint density at radius 1 is 1.60 bits per heavy atom. The monoisotopic (exact) mass is 143 g/mol. The van der Waals surface area contributed by atoms with Crippen LogP contribution < -0.4 is 0 Å². The summed E-state index contributed by atoms with van der Waals surface area (Å²) in [6.45, 7) is 0. The predicted octanol–water partition coefficient (Wildman–Crippen LogP) is 1.13. The fourth-order valence-electron chi connectivity index (χ4n) is 0.321. The molecule has 0 bridgehead atoms. The van der Waals surface area contributed by atoms with Gasteiger partial charge < -0.3 is 10.5 Å². The van der Waals surface area contributed by atoms with Gasteiger partial charge in [-0.25, -0.2) is 9.18 Å². The number of carbonyl (C=O) groups is 1. The topological polar surface area (TPSA) is 61.2 Å². The first-order valence-electron chi connectivity index (χ1n) is 2.43. The molecule has 0 aliphatic heterocycles. The van der Waals surface area contributed by atoms with E-state index in [2.05, 4.69) is 0 Å². The number of carboxylic acids is 1. The highest BCUT2D eigenvalue weighted by molar-refractivity contribution is 6.07. The van der Waals surface area contributed by atoms with Crippen LogP contribution in [0, 0.1) is 5.41 Å². The van der Waals surface area contributed by atoms with Crippen molar-refractivity contribution in [2.24, 2.45) is 0 Å². The Morgan fingerprint density at radius 2 is 2.20 bits per heavy atom. The first-order chi connectivity index (χ1) is 4.72. The second-order valence-electron chi connectivity index (χ2n) is 1.39. The van der Waals surface area contributed by atoms with E-state index < -0.39 is 5.97 Å². The molecule has 3 nitrogen and oxygen atoms in total. The first kappa shape index (κ1) is 8.55. The first-order valence-corrected chi connectivity index (χ1v) is 2.43. The minimum atomic E-state index is -1.24. The molecule has 2 N–H and O–H groups in total. The predicted molar refractivity (Wildman–Crippen MR) is 34.8 cm³/mol. The smallest absolute Gasteiger partial charge is 0.337 e. The molecule has 0 radical (unpaired) electrons. The Labute approximate surface area is 57.0 Å². The fourth-order valence-corrected chi connectivity index (χ4v) is 0.321. The molecule has 0 fully saturated rings. The van der Waals surface area contributed by atoms with E-state index in [1.807, 2.05) is 0 Å². The zero-order valence-electron chi connectivity index (χ0n) is 5.04. The van der Waals surface area contributed by atoms with E-state index in [4.69, 9.17) is 10.5 Å². The van der Waals surface area contributed by atoms with Crippen molar-refractivity contribution in [2.75, 3.05) is 0 Å². The van der Waals surface area contributed by atoms with Crippen LogP contribution in [-0.4, -0.2) is 17.3 Å². The van der Waals surface area contributed by atoms with E-state index in [1.165, 1.54) is 0 Å². The molecule has 0 atom stereocenters. The zero-order valence-corrected chi connectivity index (χ0v) is 5.04. The summed E-state index contributed by atoms with van der Waals surface area (Å²) in [6, 6.07) is 0. The number of aliphatic carboxylic acids is 1. The number of carboxylic acid groups (broad SMARTS) is 1. The zero-order chi connectivity index (χ0) is 7.98. The van der Waals surface area contributed by atoms with Crippen LogP contribution >= 0.6 is 0 Å². The average Bonchev–Trinajstić information content (AvgIpc) is 1.89. The maximum atomic E-state index is 11.3. The molecule has 54 valence electrons. The minimum Gasteiger partial charge on any atom is -0.478 e. The van der Waals surface area contributed by atoms with Gasteiger partial charge >= 0.3 is 5.97 Å². The molecule has 4 heteroatoms. The Balaban J connectivity index is 4.33. The SMILES string of the molecule is N=C/C(=C\C=C\F)C(=O)O. The van der Waals surface area contributed by atoms with E-state index in [1.54, 1.807) is 0 Å². The summed E-state index contributed by atoms with van der Waals surface area (Å²) >= 11 is 0. The summed E-state index contributed by atoms with van der Waals surface area (Å²) in [5, 5.41) is 14.8. The quantitative estimate of drug-likeness (QED) is 0.353. The lowest BCUT2D eigenvalue weighted by Gasteiger charge is -1.86. The van der Waals surface area contributed by atoms with Crippen LogP contribution in [0.2, 0.25) is 0 Å². The van der Waals surface area contributed by atoms with Crippen LogP contribution in [0.3, 0.4) is 0 Å². The highest BCUT2D eigenvalue weighted by Crippen LogP contribution is 1.90. The molecule has 10 heavy (non-hydrogen) atoms. The molecular formula is C6H6FNO2. The molecule has 0 aliphatic rings. The van der Waals surface area contributed by atoms with Gasteiger partial charge in [-0.15, -0.1) is 0 Å². The Bertz CT molecular complexity index is 196. The number of hydrogen-bond donors (Lipinski definition) is 2. The number of hydrogen-bond acceptors (Lipinski definition) is 2. The second-order valence-corrected chi connectivity index (χ2v) is 1.39. The van der Waals surface area contributed by atoms with E-state index >= 15 is 0 Å². The van der Waals surface area contributed by atoms with E-state index in [0.29, 0.717) is 6.21 Å². The highest BCUT2D eigenvalue weighted by atomic mass is 19.1. The third-order valence-corrected chi connectivity index (χ3v) is 0.751. The molecule has 0 aromatic rings. The maximum absolute atomic E-state index is 11.3. The summed E-state index contributed by atoms with van der Waals surface area (Å²) in [5.41, 5.74) is -0.256. The summed E-state index contributed by atoms with van der Waals surface area (Å²) in [5.74, 6) is -1.24. The van der Waals surface area contributed by atoms with Gasteiger partial charge in [-0.1, -0.05) is 0 Å². The summed E-state index contributed by atoms with van der Waals surface area (Å²) in [7, 11) is 0. The standard InChI is InChI=1S/C6H6FNO2/c7-3-1-2-5(4-8)6(9)10/h1-4,8H,(H,9,10)/b3-1+,5-2+,8-4?. The molecule has 0 rings (SSSR count). The van der Waals surface area contributed by atoms with Crippen molar-refractivity contribution >= 4 is 12.2 Å². The van der Waals surface area contributed by atoms with Gasteiger partial charge in [0.05, 0.1) is 11.9 Å². The number of allylic oxidation sites excluding steroid dienone is 2. The molecule has 0 unspecified atom stereocenters. The van der Waals surface area contributed by atoms with Gasteiger partial charge in [-0.3, -0.25) is 0 Å². The molecular weight excluding hydrogens is 137 g/mol. The molecule has 0 heterocycles. The van der Waals surface area contributed by atoms with Crippen LogP contribution in [0.25, 0.3) is 0 Å². The maximum Gasteiger partial charge on any atom is 0.337 e. The van der Waals surface area contributed by atoms with Crippen molar-refractivity contribution < 1.29 is 14.3 Å². The number of nitrogens with one attached hydrogen (secondary N) is 1. The van der Waals surface area contributed by atoms with Gasteiger partial charge in [0, 0.05) is 6.21 Å². The van der Waals surface area contributed by atoms with E-state index in [9.17, 15) is 9.18 Å². The lowest BCUT2D eigenvalue weighted by atomic mass is 10.3. The highest BCUT2D eigenvalue weighted by Gasteiger charge is 1.99. The van der Waals surface area contributed by atoms with Crippen LogP contribution in [0.15, 0.2) is 24.1 Å². The van der Waals surface area contributed by atoms with Crippen molar-refractivity contribution in [2.45, 2.75) is 0 Å². The molecule has 0 aromatic carbocycles. The molecule has 0 saturated carbocycles. The van der Waals surface area contributed by atoms with Gasteiger partial charge in [-0.2, -0.15) is 0 Å². The molecule has 0 spiro atoms. The third kappa shape index (κ3) is 2.76. The number of rotatable bonds is 3. The normalized spacial score (nSPS) is 11.9. The Hall–Kier alpha value is -1.45. The van der Waals surface area contributed by atoms with Gasteiger partial charge in [-0.05, 0) is 12.2 Å². The van der Waals surface area contributed by atoms with Crippen LogP contribution in [0.4, 0.5) is 4.39 Å². The third-order valence-electron chi connectivity index (χ3n) is 0.751. The fraction of sp³-hybridized carbons (Fsp3) is 0. The van der Waals surface area contributed by atoms with Gasteiger partial charge in [0.1, 0.15) is 0 Å². The van der Waals surface area contributed by atoms with Crippen molar-refractivity contribution in [1.29, 1.82) is 5.41 Å². The van der Waals surface area contributed by atoms with Crippen LogP contribution in [0.5, 0.6) is 0 Å². The van der Waals surface area contributed by atoms with Gasteiger partial charge in [0.15, 0.2) is 0 Å². The number of halogens is 1. The molecule has 0 aliphatic carbocycles. The molecule has 0 aromatic heterocycles. The van der Waals surface area contributed by atoms with Gasteiger partial charge in [0.25, 0.3) is 0 Å². The van der Waals surface area contributed by atoms with Gasteiger partial charge in [0.2, 0.25) is 0 Å². The molecule has 0 amide bonds. The molecule has 0 saturated heterocycles. The second kappa shape index (κ2) is 4.43. The lowest BCUT2D eigenvalue weighted by molar-refractivity contribution is -0.132. The van der Waals surface area contributed by atoms with Crippen molar-refractivity contribution in [1.82, 2.24) is 0 Å². The summed E-state index contributed by atoms with van der Waals surface area (Å²) in [6.07, 6.45) is 2.75. The lowest BCUT2D eigenvalue weighted by Crippen LogP contribution is -1.99.